The Kier molecular flexibility index (Phi) is 8.70. The van der Waals surface area contributed by atoms with Crippen molar-refractivity contribution in [1.29, 1.82) is 0 Å². The van der Waals surface area contributed by atoms with Crippen LogP contribution in [0.2, 0.25) is 5.15 Å². The maximum Gasteiger partial charge on any atom is 0.256 e. The summed E-state index contributed by atoms with van der Waals surface area (Å²) in [7, 11) is 2.98. The number of methoxy groups -OCH3 is 2. The van der Waals surface area contributed by atoms with Crippen LogP contribution in [0.25, 0.3) is 32.3 Å². The van der Waals surface area contributed by atoms with Crippen molar-refractivity contribution in [2.45, 2.75) is 0 Å². The molecule has 0 aliphatic heterocycles. The van der Waals surface area contributed by atoms with Gasteiger partial charge in [-0.1, -0.05) is 11.6 Å². The molecule has 0 saturated carbocycles. The Bertz CT molecular complexity index is 1940. The smallest absolute Gasteiger partial charge is 0.256 e. The number of aromatic nitrogens is 3. The van der Waals surface area contributed by atoms with Gasteiger partial charge in [0.15, 0.2) is 0 Å². The Balaban J connectivity index is 0.000000139. The van der Waals surface area contributed by atoms with Gasteiger partial charge in [-0.25, -0.2) is 18.2 Å². The van der Waals surface area contributed by atoms with E-state index in [1.807, 2.05) is 0 Å². The fourth-order valence-corrected chi connectivity index (χ4v) is 4.07. The summed E-state index contributed by atoms with van der Waals surface area (Å²) in [6.45, 7) is 0. The second kappa shape index (κ2) is 12.4. The molecule has 6 rings (SSSR count). The minimum absolute atomic E-state index is 0.187. The van der Waals surface area contributed by atoms with Crippen molar-refractivity contribution in [1.82, 2.24) is 15.0 Å². The SMILES string of the molecule is COc1c[nH]c(=O)c2ccc(F)cc12.COc1cnc(Cl)c2ccc(F)cc12.O=c1[nH]ccc2cc(F)ccc12. The van der Waals surface area contributed by atoms with E-state index in [4.69, 9.17) is 21.1 Å². The highest BCUT2D eigenvalue weighted by atomic mass is 35.5. The number of hydrogen-bond donors (Lipinski definition) is 2. The van der Waals surface area contributed by atoms with Crippen molar-refractivity contribution in [2.75, 3.05) is 14.2 Å². The number of nitrogens with zero attached hydrogens (tertiary/aromatic N) is 1. The summed E-state index contributed by atoms with van der Waals surface area (Å²) in [5.41, 5.74) is -0.437. The van der Waals surface area contributed by atoms with Gasteiger partial charge in [0, 0.05) is 33.9 Å². The molecule has 0 radical (unpaired) electrons. The summed E-state index contributed by atoms with van der Waals surface area (Å²) in [6, 6.07) is 14.0. The Morgan fingerprint density at radius 3 is 1.88 bits per heavy atom. The quantitative estimate of drug-likeness (QED) is 0.237. The number of fused-ring (bicyclic) bond motifs is 3. The largest absolute Gasteiger partial charge is 0.495 e. The van der Waals surface area contributed by atoms with Gasteiger partial charge in [-0.05, 0) is 66.0 Å². The molecule has 6 aromatic rings. The van der Waals surface area contributed by atoms with Crippen molar-refractivity contribution in [3.05, 3.63) is 123 Å². The lowest BCUT2D eigenvalue weighted by Gasteiger charge is -2.05. The molecular formula is C29H21ClF3N3O4. The van der Waals surface area contributed by atoms with Crippen LogP contribution in [0.4, 0.5) is 13.2 Å². The summed E-state index contributed by atoms with van der Waals surface area (Å²) in [6.07, 6.45) is 4.40. The third-order valence-electron chi connectivity index (χ3n) is 5.77. The zero-order chi connectivity index (χ0) is 28.8. The van der Waals surface area contributed by atoms with Crippen LogP contribution in [0.5, 0.6) is 11.5 Å². The second-order valence-electron chi connectivity index (χ2n) is 8.22. The number of ether oxygens (including phenoxy) is 2. The van der Waals surface area contributed by atoms with Gasteiger partial charge in [-0.3, -0.25) is 9.59 Å². The molecule has 7 nitrogen and oxygen atoms in total. The van der Waals surface area contributed by atoms with Gasteiger partial charge in [0.1, 0.15) is 34.1 Å². The number of hydrogen-bond acceptors (Lipinski definition) is 5. The molecule has 0 unspecified atom stereocenters. The van der Waals surface area contributed by atoms with Crippen molar-refractivity contribution in [2.24, 2.45) is 0 Å². The number of benzene rings is 3. The summed E-state index contributed by atoms with van der Waals surface area (Å²) in [5.74, 6) is -0.0597. The summed E-state index contributed by atoms with van der Waals surface area (Å²) in [4.78, 5) is 31.4. The van der Waals surface area contributed by atoms with Crippen LogP contribution in [0, 0.1) is 17.5 Å². The van der Waals surface area contributed by atoms with Gasteiger partial charge in [0.05, 0.1) is 25.8 Å². The lowest BCUT2D eigenvalue weighted by atomic mass is 10.1. The first kappa shape index (κ1) is 28.2. The highest BCUT2D eigenvalue weighted by molar-refractivity contribution is 6.34. The maximum absolute atomic E-state index is 13.0. The molecule has 3 aromatic carbocycles. The third kappa shape index (κ3) is 6.24. The molecule has 0 bridgehead atoms. The number of nitrogens with one attached hydrogen (secondary N) is 2. The van der Waals surface area contributed by atoms with Crippen LogP contribution in [0.15, 0.2) is 88.8 Å². The van der Waals surface area contributed by atoms with Crippen molar-refractivity contribution in [3.8, 4) is 11.5 Å². The van der Waals surface area contributed by atoms with Gasteiger partial charge >= 0.3 is 0 Å². The molecule has 2 N–H and O–H groups in total. The van der Waals surface area contributed by atoms with Gasteiger partial charge in [0.25, 0.3) is 11.1 Å². The first-order chi connectivity index (χ1) is 19.2. The van der Waals surface area contributed by atoms with E-state index in [1.165, 1.54) is 81.3 Å². The molecule has 204 valence electrons. The van der Waals surface area contributed by atoms with Crippen molar-refractivity contribution >= 4 is 43.9 Å². The average molecular weight is 568 g/mol. The van der Waals surface area contributed by atoms with Gasteiger partial charge < -0.3 is 19.4 Å². The molecule has 11 heteroatoms. The first-order valence-corrected chi connectivity index (χ1v) is 12.0. The van der Waals surface area contributed by atoms with E-state index in [0.29, 0.717) is 49.0 Å². The number of aromatic amines is 2. The fourth-order valence-electron chi connectivity index (χ4n) is 3.85. The zero-order valence-electron chi connectivity index (χ0n) is 21.1. The minimum atomic E-state index is -0.388. The van der Waals surface area contributed by atoms with E-state index in [2.05, 4.69) is 15.0 Å². The molecular weight excluding hydrogens is 547 g/mol. The summed E-state index contributed by atoms with van der Waals surface area (Å²) < 4.78 is 48.6. The first-order valence-electron chi connectivity index (χ1n) is 11.6. The number of rotatable bonds is 2. The molecule has 0 amide bonds. The molecule has 0 spiro atoms. The molecule has 3 heterocycles. The molecule has 0 aliphatic rings. The summed E-state index contributed by atoms with van der Waals surface area (Å²) in [5, 5.41) is 3.71. The second-order valence-corrected chi connectivity index (χ2v) is 8.58. The predicted octanol–water partition coefficient (Wildman–Crippen LogP) is 6.38. The monoisotopic (exact) mass is 567 g/mol. The van der Waals surface area contributed by atoms with Crippen LogP contribution in [-0.4, -0.2) is 29.2 Å². The Morgan fingerprint density at radius 2 is 1.23 bits per heavy atom. The Labute approximate surface area is 229 Å². The van der Waals surface area contributed by atoms with Crippen LogP contribution < -0.4 is 20.6 Å². The van der Waals surface area contributed by atoms with E-state index in [9.17, 15) is 22.8 Å². The van der Waals surface area contributed by atoms with Crippen LogP contribution in [-0.2, 0) is 0 Å². The lowest BCUT2D eigenvalue weighted by Crippen LogP contribution is -2.06. The van der Waals surface area contributed by atoms with E-state index >= 15 is 0 Å². The van der Waals surface area contributed by atoms with Crippen molar-refractivity contribution < 1.29 is 22.6 Å². The van der Waals surface area contributed by atoms with E-state index in [-0.39, 0.29) is 28.6 Å². The van der Waals surface area contributed by atoms with E-state index < -0.39 is 0 Å². The average Bonchev–Trinajstić information content (AvgIpc) is 2.94. The van der Waals surface area contributed by atoms with Crippen LogP contribution in [0.3, 0.4) is 0 Å². The van der Waals surface area contributed by atoms with E-state index in [1.54, 1.807) is 12.1 Å². The van der Waals surface area contributed by atoms with Gasteiger partial charge in [-0.15, -0.1) is 0 Å². The minimum Gasteiger partial charge on any atom is -0.495 e. The third-order valence-corrected chi connectivity index (χ3v) is 6.07. The highest BCUT2D eigenvalue weighted by Crippen LogP contribution is 2.29. The summed E-state index contributed by atoms with van der Waals surface area (Å²) >= 11 is 5.85. The number of H-pyrrole nitrogens is 2. The van der Waals surface area contributed by atoms with Gasteiger partial charge in [0.2, 0.25) is 0 Å². The Hall–Kier alpha value is -4.83. The standard InChI is InChI=1S/C10H7ClFNO.C10H8FNO2.C9H6FNO/c1-14-9-5-13-10(11)7-3-2-6(12)4-8(7)9;1-14-9-5-12-10(13)7-3-2-6(11)4-8(7)9;10-7-1-2-8-6(5-7)3-4-11-9(8)12/h2-5H,1H3;2-5H,1H3,(H,12,13);1-5H,(H,11,12). The lowest BCUT2D eigenvalue weighted by molar-refractivity contribution is 0.417. The van der Waals surface area contributed by atoms with Gasteiger partial charge in [-0.2, -0.15) is 0 Å². The molecule has 40 heavy (non-hydrogen) atoms. The zero-order valence-corrected chi connectivity index (χ0v) is 21.9. The molecule has 3 aromatic heterocycles. The molecule has 0 saturated heterocycles. The molecule has 0 fully saturated rings. The van der Waals surface area contributed by atoms with E-state index in [0.717, 1.165) is 0 Å². The normalized spacial score (nSPS) is 10.4. The van der Waals surface area contributed by atoms with Crippen LogP contribution >= 0.6 is 11.6 Å². The number of pyridine rings is 3. The molecule has 0 atom stereocenters. The predicted molar refractivity (Wildman–Crippen MR) is 149 cm³/mol. The Morgan fingerprint density at radius 1 is 0.675 bits per heavy atom. The maximum atomic E-state index is 13.0. The molecule has 0 aliphatic carbocycles. The fraction of sp³-hybridized carbons (Fsp3) is 0.0690. The topological polar surface area (TPSA) is 97.1 Å². The highest BCUT2D eigenvalue weighted by Gasteiger charge is 2.07. The van der Waals surface area contributed by atoms with Crippen LogP contribution in [0.1, 0.15) is 0 Å². The van der Waals surface area contributed by atoms with Crippen molar-refractivity contribution in [3.63, 3.8) is 0 Å². The number of halogens is 4.